The van der Waals surface area contributed by atoms with Crippen LogP contribution in [-0.4, -0.2) is 61.2 Å². The van der Waals surface area contributed by atoms with Gasteiger partial charge < -0.3 is 19.8 Å². The molecule has 0 aromatic rings. The van der Waals surface area contributed by atoms with Crippen LogP contribution in [0.4, 0.5) is 0 Å². The zero-order chi connectivity index (χ0) is 38.2. The van der Waals surface area contributed by atoms with Crippen molar-refractivity contribution in [2.24, 2.45) is 0 Å². The molecule has 0 amide bonds. The van der Waals surface area contributed by atoms with Crippen LogP contribution in [0.25, 0.3) is 0 Å². The minimum Gasteiger partial charge on any atom is -0.550 e. The molecule has 0 saturated carbocycles. The van der Waals surface area contributed by atoms with Crippen LogP contribution in [0.2, 0.25) is 0 Å². The maximum absolute atomic E-state index is 10.1. The minimum absolute atomic E-state index is 0.158. The summed E-state index contributed by atoms with van der Waals surface area (Å²) < 4.78 is 0. The average molecular weight is 747 g/mol. The second kappa shape index (κ2) is 41.6. The van der Waals surface area contributed by atoms with E-state index in [1.165, 1.54) is 103 Å². The van der Waals surface area contributed by atoms with Gasteiger partial charge in [0.2, 0.25) is 0 Å². The summed E-state index contributed by atoms with van der Waals surface area (Å²) in [6, 6.07) is 0. The standard InChI is InChI=1S/2C16H36P.C12H22O4/c2*1-5-9-13-17(14-10-6-2,15-11-7-3)16-12-8-4;13-11(14)9-7-5-3-1-2-4-6-8-10-12(15)16/h2*5-16H2,1-4H3;1-10H2,(H,13,14)(H,15,16)/q2*+1;/p-2. The van der Waals surface area contributed by atoms with Gasteiger partial charge in [0.05, 0.1) is 49.3 Å². The van der Waals surface area contributed by atoms with E-state index in [4.69, 9.17) is 0 Å². The molecular formula is C44H92O4P2. The molecular weight excluding hydrogens is 654 g/mol. The van der Waals surface area contributed by atoms with E-state index in [0.717, 1.165) is 38.5 Å². The first-order valence-corrected chi connectivity index (χ1v) is 27.3. The summed E-state index contributed by atoms with van der Waals surface area (Å²) in [5.74, 6) is -1.94. The lowest BCUT2D eigenvalue weighted by Gasteiger charge is -2.28. The van der Waals surface area contributed by atoms with Crippen molar-refractivity contribution in [3.8, 4) is 0 Å². The number of carbonyl (C=O) groups excluding carboxylic acids is 2. The van der Waals surface area contributed by atoms with Crippen molar-refractivity contribution in [2.75, 3.05) is 49.3 Å². The molecule has 0 rings (SSSR count). The molecule has 0 heterocycles. The SMILES string of the molecule is CCCC[P+](CCCC)(CCCC)CCCC.CCCC[P+](CCCC)(CCCC)CCCC.O=C([O-])CCCCCCCCCCC(=O)[O-]. The Kier molecular flexibility index (Phi) is 45.0. The molecule has 0 aliphatic rings. The summed E-state index contributed by atoms with van der Waals surface area (Å²) in [5, 5.41) is 20.2. The molecule has 0 fully saturated rings. The molecule has 50 heavy (non-hydrogen) atoms. The number of carbonyl (C=O) groups is 2. The van der Waals surface area contributed by atoms with Gasteiger partial charge in [-0.05, 0) is 77.0 Å². The smallest absolute Gasteiger partial charge is 0.0594 e. The van der Waals surface area contributed by atoms with Gasteiger partial charge >= 0.3 is 0 Å². The van der Waals surface area contributed by atoms with Gasteiger partial charge in [0, 0.05) is 26.5 Å². The van der Waals surface area contributed by atoms with Crippen molar-refractivity contribution in [3.05, 3.63) is 0 Å². The fraction of sp³-hybridized carbons (Fsp3) is 0.955. The quantitative estimate of drug-likeness (QED) is 0.0478. The van der Waals surface area contributed by atoms with Crippen LogP contribution in [0, 0.1) is 0 Å². The van der Waals surface area contributed by atoms with Crippen LogP contribution >= 0.6 is 14.5 Å². The van der Waals surface area contributed by atoms with Crippen molar-refractivity contribution in [3.63, 3.8) is 0 Å². The van der Waals surface area contributed by atoms with Crippen LogP contribution < -0.4 is 10.2 Å². The van der Waals surface area contributed by atoms with Gasteiger partial charge in [-0.25, -0.2) is 0 Å². The molecule has 302 valence electrons. The van der Waals surface area contributed by atoms with Crippen molar-refractivity contribution < 1.29 is 19.8 Å². The number of unbranched alkanes of at least 4 members (excludes halogenated alkanes) is 15. The van der Waals surface area contributed by atoms with Crippen LogP contribution in [0.1, 0.15) is 222 Å². The first-order valence-electron chi connectivity index (χ1n) is 22.2. The highest BCUT2D eigenvalue weighted by molar-refractivity contribution is 7.76. The molecule has 0 aliphatic heterocycles. The Balaban J connectivity index is -0.000000663. The second-order valence-electron chi connectivity index (χ2n) is 15.4. The van der Waals surface area contributed by atoms with E-state index in [2.05, 4.69) is 55.4 Å². The molecule has 0 spiro atoms. The zero-order valence-corrected chi connectivity index (χ0v) is 37.4. The molecule has 0 atom stereocenters. The zero-order valence-electron chi connectivity index (χ0n) is 35.6. The molecule has 0 unspecified atom stereocenters. The average Bonchev–Trinajstić information content (AvgIpc) is 3.11. The molecule has 0 aromatic carbocycles. The lowest BCUT2D eigenvalue weighted by Crippen LogP contribution is -2.21. The largest absolute Gasteiger partial charge is 0.550 e. The fourth-order valence-corrected chi connectivity index (χ4v) is 17.5. The molecule has 4 nitrogen and oxygen atoms in total. The Morgan fingerprint density at radius 1 is 0.300 bits per heavy atom. The molecule has 6 heteroatoms. The lowest BCUT2D eigenvalue weighted by molar-refractivity contribution is -0.307. The van der Waals surface area contributed by atoms with Gasteiger partial charge in [-0.2, -0.15) is 0 Å². The highest BCUT2D eigenvalue weighted by Crippen LogP contribution is 2.62. The number of aliphatic carboxylic acids is 2. The van der Waals surface area contributed by atoms with Crippen LogP contribution in [0.15, 0.2) is 0 Å². The summed E-state index contributed by atoms with van der Waals surface area (Å²) in [6.07, 6.45) is 43.8. The predicted octanol–water partition coefficient (Wildman–Crippen LogP) is 12.8. The van der Waals surface area contributed by atoms with E-state index < -0.39 is 26.5 Å². The summed E-state index contributed by atoms with van der Waals surface area (Å²) in [7, 11) is -1.12. The number of hydrogen-bond donors (Lipinski definition) is 0. The van der Waals surface area contributed by atoms with Gasteiger partial charge in [-0.3, -0.25) is 0 Å². The third-order valence-electron chi connectivity index (χ3n) is 10.4. The Bertz CT molecular complexity index is 566. The summed E-state index contributed by atoms with van der Waals surface area (Å²) in [4.78, 5) is 20.2. The monoisotopic (exact) mass is 747 g/mol. The fourth-order valence-electron chi connectivity index (χ4n) is 6.89. The Labute approximate surface area is 317 Å². The highest BCUT2D eigenvalue weighted by atomic mass is 31.2. The van der Waals surface area contributed by atoms with E-state index in [0.29, 0.717) is 12.8 Å². The second-order valence-corrected chi connectivity index (χ2v) is 24.3. The first-order chi connectivity index (χ1) is 24.1. The topological polar surface area (TPSA) is 80.3 Å². The molecule has 0 saturated heterocycles. The number of carboxylic acids is 2. The van der Waals surface area contributed by atoms with E-state index in [9.17, 15) is 19.8 Å². The van der Waals surface area contributed by atoms with E-state index in [-0.39, 0.29) is 12.8 Å². The van der Waals surface area contributed by atoms with Crippen LogP contribution in [0.3, 0.4) is 0 Å². The Morgan fingerprint density at radius 3 is 0.600 bits per heavy atom. The van der Waals surface area contributed by atoms with Gasteiger partial charge in [0.1, 0.15) is 0 Å². The third-order valence-corrected chi connectivity index (χ3v) is 20.5. The number of hydrogen-bond acceptors (Lipinski definition) is 4. The van der Waals surface area contributed by atoms with E-state index in [1.54, 1.807) is 49.3 Å². The van der Waals surface area contributed by atoms with Gasteiger partial charge in [-0.1, -0.05) is 145 Å². The first kappa shape index (κ1) is 54.1. The van der Waals surface area contributed by atoms with Crippen molar-refractivity contribution in [1.82, 2.24) is 0 Å². The summed E-state index contributed by atoms with van der Waals surface area (Å²) in [6.45, 7) is 18.8. The van der Waals surface area contributed by atoms with Crippen molar-refractivity contribution in [1.29, 1.82) is 0 Å². The minimum atomic E-state index is -0.970. The van der Waals surface area contributed by atoms with Gasteiger partial charge in [0.15, 0.2) is 0 Å². The number of rotatable bonds is 35. The van der Waals surface area contributed by atoms with Gasteiger partial charge in [0.25, 0.3) is 0 Å². The van der Waals surface area contributed by atoms with Crippen LogP contribution in [0.5, 0.6) is 0 Å². The molecule has 0 N–H and O–H groups in total. The molecule has 0 aliphatic carbocycles. The van der Waals surface area contributed by atoms with Crippen LogP contribution in [-0.2, 0) is 9.59 Å². The summed E-state index contributed by atoms with van der Waals surface area (Å²) >= 11 is 0. The molecule has 0 radical (unpaired) electrons. The maximum atomic E-state index is 10.1. The molecule has 0 aromatic heterocycles. The maximum Gasteiger partial charge on any atom is 0.0594 e. The molecule has 0 bridgehead atoms. The Hall–Kier alpha value is -0.200. The third kappa shape index (κ3) is 37.6. The predicted molar refractivity (Wildman–Crippen MR) is 228 cm³/mol. The Morgan fingerprint density at radius 2 is 0.460 bits per heavy atom. The van der Waals surface area contributed by atoms with Crippen molar-refractivity contribution in [2.45, 2.75) is 222 Å². The normalized spacial score (nSPS) is 11.4. The number of carboxylic acid groups (broad SMARTS) is 2. The van der Waals surface area contributed by atoms with Gasteiger partial charge in [-0.15, -0.1) is 0 Å². The lowest BCUT2D eigenvalue weighted by atomic mass is 10.1. The van der Waals surface area contributed by atoms with Crippen molar-refractivity contribution >= 4 is 26.5 Å². The summed E-state index contributed by atoms with van der Waals surface area (Å²) in [5.41, 5.74) is 0. The highest BCUT2D eigenvalue weighted by Gasteiger charge is 2.35. The van der Waals surface area contributed by atoms with E-state index >= 15 is 0 Å². The van der Waals surface area contributed by atoms with E-state index in [1.807, 2.05) is 0 Å².